The molecular formula is C12H14O5. The molecular weight excluding hydrogens is 224 g/mol. The van der Waals surface area contributed by atoms with E-state index in [0.717, 1.165) is 6.08 Å². The van der Waals surface area contributed by atoms with Gasteiger partial charge in [0, 0.05) is 13.2 Å². The minimum absolute atomic E-state index is 0.331. The van der Waals surface area contributed by atoms with Crippen LogP contribution in [0.3, 0.4) is 0 Å². The molecule has 5 nitrogen and oxygen atoms in total. The number of ether oxygens (including phenoxy) is 1. The molecule has 0 aromatic heterocycles. The van der Waals surface area contributed by atoms with Crippen LogP contribution >= 0.6 is 0 Å². The van der Waals surface area contributed by atoms with E-state index < -0.39 is 11.9 Å². The maximum absolute atomic E-state index is 10.2. The zero-order valence-corrected chi connectivity index (χ0v) is 9.37. The number of hydrogen-bond donors (Lipinski definition) is 2. The van der Waals surface area contributed by atoms with Crippen molar-refractivity contribution in [1.82, 2.24) is 0 Å². The van der Waals surface area contributed by atoms with Crippen LogP contribution in [0.5, 0.6) is 0 Å². The third-order valence-electron chi connectivity index (χ3n) is 1.54. The van der Waals surface area contributed by atoms with Gasteiger partial charge in [-0.15, -0.1) is 0 Å². The highest BCUT2D eigenvalue weighted by Crippen LogP contribution is 1.96. The Labute approximate surface area is 99.0 Å². The average molecular weight is 238 g/mol. The first kappa shape index (κ1) is 14.9. The van der Waals surface area contributed by atoms with Gasteiger partial charge in [-0.05, 0) is 12.1 Å². The monoisotopic (exact) mass is 238 g/mol. The highest BCUT2D eigenvalue weighted by molar-refractivity contribution is 5.87. The highest BCUT2D eigenvalue weighted by Gasteiger charge is 1.96. The summed E-state index contributed by atoms with van der Waals surface area (Å²) in [5.41, 5.74) is 0.331. The van der Waals surface area contributed by atoms with Crippen LogP contribution in [-0.4, -0.2) is 35.9 Å². The zero-order valence-electron chi connectivity index (χ0n) is 9.37. The molecule has 0 fully saturated rings. The van der Waals surface area contributed by atoms with Gasteiger partial charge in [0.1, 0.15) is 0 Å². The highest BCUT2D eigenvalue weighted by atomic mass is 16.5. The molecule has 1 aromatic rings. The Kier molecular flexibility index (Phi) is 7.97. The molecule has 0 unspecified atom stereocenters. The summed E-state index contributed by atoms with van der Waals surface area (Å²) >= 11 is 0. The molecule has 92 valence electrons. The van der Waals surface area contributed by atoms with E-state index in [4.69, 9.17) is 10.2 Å². The minimum atomic E-state index is -0.943. The Morgan fingerprint density at radius 1 is 1.24 bits per heavy atom. The molecule has 0 atom stereocenters. The molecule has 2 N–H and O–H groups in total. The van der Waals surface area contributed by atoms with Crippen molar-refractivity contribution in [2.24, 2.45) is 0 Å². The Morgan fingerprint density at radius 3 is 2.18 bits per heavy atom. The molecule has 1 aromatic carbocycles. The SMILES string of the molecule is COC/C=C/C(=O)O.O=C(O)c1ccccc1. The van der Waals surface area contributed by atoms with Crippen LogP contribution in [0.4, 0.5) is 0 Å². The van der Waals surface area contributed by atoms with Crippen LogP contribution in [0, 0.1) is 0 Å². The Bertz CT molecular complexity index is 370. The third-order valence-corrected chi connectivity index (χ3v) is 1.54. The smallest absolute Gasteiger partial charge is 0.335 e. The molecule has 0 heterocycles. The zero-order chi connectivity index (χ0) is 13.1. The lowest BCUT2D eigenvalue weighted by Gasteiger charge is -1.88. The predicted octanol–water partition coefficient (Wildman–Crippen LogP) is 1.66. The van der Waals surface area contributed by atoms with Gasteiger partial charge >= 0.3 is 11.9 Å². The Hall–Kier alpha value is -2.14. The van der Waals surface area contributed by atoms with Crippen molar-refractivity contribution < 1.29 is 24.5 Å². The summed E-state index contributed by atoms with van der Waals surface area (Å²) in [5, 5.41) is 16.4. The van der Waals surface area contributed by atoms with Crippen molar-refractivity contribution in [3.63, 3.8) is 0 Å². The molecule has 0 aliphatic carbocycles. The second-order valence-corrected chi connectivity index (χ2v) is 2.87. The number of rotatable bonds is 4. The van der Waals surface area contributed by atoms with Crippen molar-refractivity contribution in [1.29, 1.82) is 0 Å². The van der Waals surface area contributed by atoms with E-state index in [9.17, 15) is 9.59 Å². The van der Waals surface area contributed by atoms with Crippen molar-refractivity contribution in [3.05, 3.63) is 48.0 Å². The molecule has 0 aliphatic rings. The molecule has 0 saturated heterocycles. The first-order valence-electron chi connectivity index (χ1n) is 4.74. The van der Waals surface area contributed by atoms with Crippen molar-refractivity contribution in [3.8, 4) is 0 Å². The van der Waals surface area contributed by atoms with Gasteiger partial charge in [-0.25, -0.2) is 9.59 Å². The largest absolute Gasteiger partial charge is 0.478 e. The lowest BCUT2D eigenvalue weighted by atomic mass is 10.2. The molecule has 1 rings (SSSR count). The fraction of sp³-hybridized carbons (Fsp3) is 0.167. The van der Waals surface area contributed by atoms with Gasteiger partial charge in [0.2, 0.25) is 0 Å². The van der Waals surface area contributed by atoms with Crippen LogP contribution in [-0.2, 0) is 9.53 Å². The van der Waals surface area contributed by atoms with Crippen LogP contribution in [0.2, 0.25) is 0 Å². The number of aromatic carboxylic acids is 1. The summed E-state index contributed by atoms with van der Waals surface area (Å²) in [6, 6.07) is 8.30. The number of carbonyl (C=O) groups is 2. The first-order valence-corrected chi connectivity index (χ1v) is 4.74. The molecule has 0 bridgehead atoms. The second kappa shape index (κ2) is 9.11. The van der Waals surface area contributed by atoms with Crippen LogP contribution in [0.15, 0.2) is 42.5 Å². The molecule has 0 aliphatic heterocycles. The number of carboxylic acid groups (broad SMARTS) is 2. The summed E-state index contributed by atoms with van der Waals surface area (Å²) < 4.78 is 4.54. The predicted molar refractivity (Wildman–Crippen MR) is 62.1 cm³/mol. The minimum Gasteiger partial charge on any atom is -0.478 e. The topological polar surface area (TPSA) is 83.8 Å². The van der Waals surface area contributed by atoms with Crippen LogP contribution in [0.25, 0.3) is 0 Å². The molecule has 0 radical (unpaired) electrons. The van der Waals surface area contributed by atoms with Gasteiger partial charge in [-0.3, -0.25) is 0 Å². The quantitative estimate of drug-likeness (QED) is 0.779. The van der Waals surface area contributed by atoms with Gasteiger partial charge in [0.05, 0.1) is 12.2 Å². The van der Waals surface area contributed by atoms with Gasteiger partial charge in [0.15, 0.2) is 0 Å². The van der Waals surface area contributed by atoms with Crippen molar-refractivity contribution in [2.45, 2.75) is 0 Å². The Balaban J connectivity index is 0.000000304. The van der Waals surface area contributed by atoms with Crippen molar-refractivity contribution in [2.75, 3.05) is 13.7 Å². The Morgan fingerprint density at radius 2 is 1.82 bits per heavy atom. The molecule has 5 heteroatoms. The van der Waals surface area contributed by atoms with Gasteiger partial charge in [-0.2, -0.15) is 0 Å². The van der Waals surface area contributed by atoms with E-state index >= 15 is 0 Å². The fourth-order valence-electron chi connectivity index (χ4n) is 0.826. The molecule has 0 spiro atoms. The first-order chi connectivity index (χ1) is 8.07. The van der Waals surface area contributed by atoms with E-state index in [1.54, 1.807) is 30.3 Å². The van der Waals surface area contributed by atoms with E-state index in [0.29, 0.717) is 12.2 Å². The van der Waals surface area contributed by atoms with Crippen molar-refractivity contribution >= 4 is 11.9 Å². The van der Waals surface area contributed by atoms with Gasteiger partial charge in [-0.1, -0.05) is 24.3 Å². The van der Waals surface area contributed by atoms with Gasteiger partial charge < -0.3 is 14.9 Å². The van der Waals surface area contributed by atoms with Crippen LogP contribution < -0.4 is 0 Å². The third kappa shape index (κ3) is 8.83. The summed E-state index contributed by atoms with van der Waals surface area (Å²) in [6.07, 6.45) is 2.48. The summed E-state index contributed by atoms with van der Waals surface area (Å²) in [4.78, 5) is 19.9. The van der Waals surface area contributed by atoms with E-state index in [1.165, 1.54) is 13.2 Å². The molecule has 0 saturated carbocycles. The van der Waals surface area contributed by atoms with Gasteiger partial charge in [0.25, 0.3) is 0 Å². The van der Waals surface area contributed by atoms with E-state index in [1.807, 2.05) is 0 Å². The normalized spacial score (nSPS) is 9.47. The lowest BCUT2D eigenvalue weighted by molar-refractivity contribution is -0.131. The number of carboxylic acids is 2. The number of aliphatic carboxylic acids is 1. The summed E-state index contributed by atoms with van der Waals surface area (Å²) in [5.74, 6) is -1.82. The summed E-state index contributed by atoms with van der Waals surface area (Å²) in [7, 11) is 1.51. The average Bonchev–Trinajstić information content (AvgIpc) is 2.31. The van der Waals surface area contributed by atoms with E-state index in [-0.39, 0.29) is 0 Å². The number of methoxy groups -OCH3 is 1. The maximum Gasteiger partial charge on any atom is 0.335 e. The lowest BCUT2D eigenvalue weighted by Crippen LogP contribution is -1.93. The number of benzene rings is 1. The fourth-order valence-corrected chi connectivity index (χ4v) is 0.826. The maximum atomic E-state index is 10.2. The second-order valence-electron chi connectivity index (χ2n) is 2.87. The summed E-state index contributed by atoms with van der Waals surface area (Å²) in [6.45, 7) is 0.353. The molecule has 0 amide bonds. The van der Waals surface area contributed by atoms with E-state index in [2.05, 4.69) is 4.74 Å². The number of hydrogen-bond acceptors (Lipinski definition) is 3. The standard InChI is InChI=1S/C7H6O2.C5H8O3/c8-7(9)6-4-2-1-3-5-6;1-8-4-2-3-5(6)7/h1-5H,(H,8,9);2-3H,4H2,1H3,(H,6,7)/b;3-2+. The van der Waals surface area contributed by atoms with Crippen LogP contribution in [0.1, 0.15) is 10.4 Å². The molecule has 17 heavy (non-hydrogen) atoms.